The molecule has 0 atom stereocenters. The molecule has 3 rings (SSSR count). The average Bonchev–Trinajstić information content (AvgIpc) is 3.04. The van der Waals surface area contributed by atoms with Crippen LogP contribution < -0.4 is 5.73 Å². The summed E-state index contributed by atoms with van der Waals surface area (Å²) in [5, 5.41) is 11.7. The zero-order valence-corrected chi connectivity index (χ0v) is 12.4. The number of anilines is 1. The van der Waals surface area contributed by atoms with Gasteiger partial charge in [0.2, 0.25) is 5.91 Å². The molecule has 2 aromatic heterocycles. The first-order chi connectivity index (χ1) is 9.69. The molecule has 0 unspecified atom stereocenters. The van der Waals surface area contributed by atoms with E-state index in [4.69, 9.17) is 11.0 Å². The van der Waals surface area contributed by atoms with Crippen molar-refractivity contribution in [1.29, 1.82) is 5.26 Å². The summed E-state index contributed by atoms with van der Waals surface area (Å²) < 4.78 is 0. The van der Waals surface area contributed by atoms with Crippen molar-refractivity contribution in [3.63, 3.8) is 0 Å². The molecule has 2 aromatic rings. The van der Waals surface area contributed by atoms with E-state index in [1.165, 1.54) is 11.3 Å². The van der Waals surface area contributed by atoms with Crippen molar-refractivity contribution in [3.8, 4) is 6.07 Å². The van der Waals surface area contributed by atoms with Gasteiger partial charge in [0.05, 0.1) is 18.5 Å². The van der Waals surface area contributed by atoms with E-state index in [9.17, 15) is 4.79 Å². The van der Waals surface area contributed by atoms with Gasteiger partial charge in [-0.2, -0.15) is 5.26 Å². The Bertz CT molecular complexity index is 682. The van der Waals surface area contributed by atoms with Crippen LogP contribution in [0.1, 0.15) is 20.9 Å². The number of nitrogen functional groups attached to an aromatic ring is 1. The molecule has 1 aliphatic rings. The van der Waals surface area contributed by atoms with Crippen LogP contribution in [0.5, 0.6) is 0 Å². The summed E-state index contributed by atoms with van der Waals surface area (Å²) in [7, 11) is 0. The minimum absolute atomic E-state index is 0.142. The predicted molar refractivity (Wildman–Crippen MR) is 80.6 cm³/mol. The van der Waals surface area contributed by atoms with Crippen LogP contribution in [0.15, 0.2) is 17.5 Å². The molecule has 1 aliphatic heterocycles. The second kappa shape index (κ2) is 5.27. The minimum Gasteiger partial charge on any atom is -0.389 e. The van der Waals surface area contributed by atoms with Gasteiger partial charge in [0.15, 0.2) is 0 Å². The lowest BCUT2D eigenvalue weighted by Gasteiger charge is -2.26. The number of carbonyl (C=O) groups excluding carboxylic acids is 1. The predicted octanol–water partition coefficient (Wildman–Crippen LogP) is 2.39. The van der Waals surface area contributed by atoms with Crippen LogP contribution in [-0.2, 0) is 24.2 Å². The number of hydrogen-bond donors (Lipinski definition) is 1. The fraction of sp³-hybridized carbons (Fsp3) is 0.286. The number of carbonyl (C=O) groups is 1. The maximum Gasteiger partial charge on any atom is 0.228 e. The average molecular weight is 303 g/mol. The van der Waals surface area contributed by atoms with Gasteiger partial charge in [-0.1, -0.05) is 6.07 Å². The maximum absolute atomic E-state index is 12.3. The van der Waals surface area contributed by atoms with Crippen LogP contribution in [0.25, 0.3) is 0 Å². The molecule has 2 N–H and O–H groups in total. The van der Waals surface area contributed by atoms with Crippen molar-refractivity contribution < 1.29 is 4.79 Å². The second-order valence-corrected chi connectivity index (χ2v) is 6.85. The molecule has 0 bridgehead atoms. The van der Waals surface area contributed by atoms with Crippen molar-refractivity contribution >= 4 is 33.6 Å². The van der Waals surface area contributed by atoms with Crippen molar-refractivity contribution in [2.75, 3.05) is 12.3 Å². The van der Waals surface area contributed by atoms with Gasteiger partial charge in [0.25, 0.3) is 0 Å². The first kappa shape index (κ1) is 13.2. The van der Waals surface area contributed by atoms with Gasteiger partial charge in [-0.3, -0.25) is 4.79 Å². The smallest absolute Gasteiger partial charge is 0.228 e. The van der Waals surface area contributed by atoms with Gasteiger partial charge in [0.1, 0.15) is 11.1 Å². The van der Waals surface area contributed by atoms with E-state index in [-0.39, 0.29) is 5.91 Å². The molecule has 0 radical (unpaired) electrons. The Morgan fingerprint density at radius 1 is 1.55 bits per heavy atom. The second-order valence-electron chi connectivity index (χ2n) is 4.68. The van der Waals surface area contributed by atoms with Gasteiger partial charge in [-0.15, -0.1) is 22.7 Å². The molecule has 0 saturated heterocycles. The summed E-state index contributed by atoms with van der Waals surface area (Å²) in [6.07, 6.45) is 1.18. The lowest BCUT2D eigenvalue weighted by molar-refractivity contribution is -0.131. The first-order valence-corrected chi connectivity index (χ1v) is 7.99. The Kier molecular flexibility index (Phi) is 3.47. The molecule has 1 amide bonds. The van der Waals surface area contributed by atoms with Crippen molar-refractivity contribution in [3.05, 3.63) is 38.4 Å². The highest BCUT2D eigenvalue weighted by molar-refractivity contribution is 7.16. The molecule has 4 nitrogen and oxygen atoms in total. The van der Waals surface area contributed by atoms with Gasteiger partial charge >= 0.3 is 0 Å². The summed E-state index contributed by atoms with van der Waals surface area (Å²) in [6.45, 7) is 1.25. The summed E-state index contributed by atoms with van der Waals surface area (Å²) in [6, 6.07) is 6.11. The van der Waals surface area contributed by atoms with Crippen molar-refractivity contribution in [2.24, 2.45) is 0 Å². The summed E-state index contributed by atoms with van der Waals surface area (Å²) in [5.74, 6) is 0.142. The number of fused-ring (bicyclic) bond motifs is 1. The Hall–Kier alpha value is -1.84. The lowest BCUT2D eigenvalue weighted by Crippen LogP contribution is -2.36. The standard InChI is InChI=1S/C14H13N3OS2/c15-7-11-10-3-4-17(8-12(10)20-14(11)16)13(18)6-9-2-1-5-19-9/h1-2,5H,3-4,6,8,16H2. The van der Waals surface area contributed by atoms with Crippen LogP contribution in [-0.4, -0.2) is 17.4 Å². The van der Waals surface area contributed by atoms with Crippen LogP contribution in [0, 0.1) is 11.3 Å². The minimum atomic E-state index is 0.142. The molecule has 20 heavy (non-hydrogen) atoms. The molecule has 0 aromatic carbocycles. The van der Waals surface area contributed by atoms with E-state index < -0.39 is 0 Å². The van der Waals surface area contributed by atoms with Crippen LogP contribution >= 0.6 is 22.7 Å². The van der Waals surface area contributed by atoms with Crippen LogP contribution in [0.2, 0.25) is 0 Å². The van der Waals surface area contributed by atoms with Gasteiger partial charge in [-0.05, 0) is 23.4 Å². The third-order valence-corrected chi connectivity index (χ3v) is 5.38. The number of nitriles is 1. The van der Waals surface area contributed by atoms with Gasteiger partial charge in [0, 0.05) is 16.3 Å². The number of amides is 1. The molecule has 6 heteroatoms. The first-order valence-electron chi connectivity index (χ1n) is 6.29. The zero-order chi connectivity index (χ0) is 14.1. The topological polar surface area (TPSA) is 70.1 Å². The molecular formula is C14H13N3OS2. The molecule has 0 fully saturated rings. The fourth-order valence-electron chi connectivity index (χ4n) is 2.43. The molecule has 0 spiro atoms. The lowest BCUT2D eigenvalue weighted by atomic mass is 10.0. The normalized spacial score (nSPS) is 13.8. The largest absolute Gasteiger partial charge is 0.389 e. The highest BCUT2D eigenvalue weighted by Crippen LogP contribution is 2.34. The Labute approximate surface area is 125 Å². The third kappa shape index (κ3) is 2.30. The van der Waals surface area contributed by atoms with E-state index in [1.54, 1.807) is 11.3 Å². The van der Waals surface area contributed by atoms with Crippen molar-refractivity contribution in [1.82, 2.24) is 4.90 Å². The molecule has 3 heterocycles. The molecule has 102 valence electrons. The number of rotatable bonds is 2. The zero-order valence-electron chi connectivity index (χ0n) is 10.8. The Morgan fingerprint density at radius 2 is 2.40 bits per heavy atom. The molecule has 0 aliphatic carbocycles. The quantitative estimate of drug-likeness (QED) is 0.926. The Balaban J connectivity index is 1.76. The highest BCUT2D eigenvalue weighted by atomic mass is 32.1. The van der Waals surface area contributed by atoms with Crippen molar-refractivity contribution in [2.45, 2.75) is 19.4 Å². The molecule has 0 saturated carbocycles. The van der Waals surface area contributed by atoms with E-state index in [1.807, 2.05) is 22.4 Å². The van der Waals surface area contributed by atoms with E-state index in [0.29, 0.717) is 30.1 Å². The number of nitrogens with two attached hydrogens (primary N) is 1. The fourth-order valence-corrected chi connectivity index (χ4v) is 4.21. The summed E-state index contributed by atoms with van der Waals surface area (Å²) >= 11 is 3.04. The van der Waals surface area contributed by atoms with E-state index in [0.717, 1.165) is 21.7 Å². The Morgan fingerprint density at radius 3 is 3.10 bits per heavy atom. The third-order valence-electron chi connectivity index (χ3n) is 3.45. The number of hydrogen-bond acceptors (Lipinski definition) is 5. The van der Waals surface area contributed by atoms with Crippen LogP contribution in [0.4, 0.5) is 5.00 Å². The SMILES string of the molecule is N#Cc1c(N)sc2c1CCN(C(=O)Cc1cccs1)C2. The van der Waals surface area contributed by atoms with E-state index >= 15 is 0 Å². The summed E-state index contributed by atoms with van der Waals surface area (Å²) in [5.41, 5.74) is 7.50. The highest BCUT2D eigenvalue weighted by Gasteiger charge is 2.26. The maximum atomic E-state index is 12.3. The molecular weight excluding hydrogens is 290 g/mol. The van der Waals surface area contributed by atoms with Crippen LogP contribution in [0.3, 0.4) is 0 Å². The van der Waals surface area contributed by atoms with Gasteiger partial charge in [-0.25, -0.2) is 0 Å². The monoisotopic (exact) mass is 303 g/mol. The summed E-state index contributed by atoms with van der Waals surface area (Å²) in [4.78, 5) is 16.3. The van der Waals surface area contributed by atoms with E-state index in [2.05, 4.69) is 6.07 Å². The van der Waals surface area contributed by atoms with Gasteiger partial charge < -0.3 is 10.6 Å². The number of thiophene rings is 2. The number of nitrogens with zero attached hydrogens (tertiary/aromatic N) is 2.